The Morgan fingerprint density at radius 1 is 1.18 bits per heavy atom. The number of carbonyl (C=O) groups is 1. The first-order valence-electron chi connectivity index (χ1n) is 8.56. The van der Waals surface area contributed by atoms with Crippen LogP contribution < -0.4 is 0 Å². The maximum atomic E-state index is 12.3. The number of aromatic nitrogens is 3. The van der Waals surface area contributed by atoms with Gasteiger partial charge in [0.15, 0.2) is 0 Å². The Labute approximate surface area is 132 Å². The highest BCUT2D eigenvalue weighted by Gasteiger charge is 2.24. The van der Waals surface area contributed by atoms with E-state index in [9.17, 15) is 4.79 Å². The summed E-state index contributed by atoms with van der Waals surface area (Å²) in [6.45, 7) is 5.05. The van der Waals surface area contributed by atoms with Gasteiger partial charge >= 0.3 is 0 Å². The van der Waals surface area contributed by atoms with E-state index in [0.29, 0.717) is 11.8 Å². The highest BCUT2D eigenvalue weighted by atomic mass is 16.2. The molecule has 122 valence electrons. The van der Waals surface area contributed by atoms with E-state index in [1.54, 1.807) is 0 Å². The van der Waals surface area contributed by atoms with Crippen molar-refractivity contribution in [3.05, 3.63) is 11.9 Å². The topological polar surface area (TPSA) is 54.3 Å². The molecule has 0 aliphatic carbocycles. The van der Waals surface area contributed by atoms with E-state index in [-0.39, 0.29) is 0 Å². The Morgan fingerprint density at radius 2 is 2.00 bits per heavy atom. The summed E-state index contributed by atoms with van der Waals surface area (Å²) in [5.74, 6) is 0.939. The number of nitrogens with zero attached hydrogens (tertiary/aromatic N) is 5. The summed E-state index contributed by atoms with van der Waals surface area (Å²) in [5.41, 5.74) is 1.16. The van der Waals surface area contributed by atoms with Gasteiger partial charge < -0.3 is 4.90 Å². The van der Waals surface area contributed by atoms with Gasteiger partial charge in [0.25, 0.3) is 0 Å². The largest absolute Gasteiger partial charge is 0.343 e. The molecule has 2 saturated heterocycles. The highest BCUT2D eigenvalue weighted by Crippen LogP contribution is 2.23. The van der Waals surface area contributed by atoms with Gasteiger partial charge in [-0.3, -0.25) is 14.4 Å². The maximum absolute atomic E-state index is 12.3. The van der Waals surface area contributed by atoms with Crippen LogP contribution in [0.3, 0.4) is 0 Å². The lowest BCUT2D eigenvalue weighted by molar-refractivity contribution is -0.131. The number of carbonyl (C=O) groups excluding carboxylic acids is 1. The van der Waals surface area contributed by atoms with Crippen molar-refractivity contribution in [3.63, 3.8) is 0 Å². The number of rotatable bonds is 4. The maximum Gasteiger partial charge on any atom is 0.222 e. The second-order valence-electron chi connectivity index (χ2n) is 6.71. The van der Waals surface area contributed by atoms with E-state index in [4.69, 9.17) is 0 Å². The van der Waals surface area contributed by atoms with Crippen molar-refractivity contribution in [1.29, 1.82) is 0 Å². The first-order chi connectivity index (χ1) is 10.7. The molecule has 6 nitrogen and oxygen atoms in total. The van der Waals surface area contributed by atoms with E-state index in [2.05, 4.69) is 20.1 Å². The summed E-state index contributed by atoms with van der Waals surface area (Å²) >= 11 is 0. The van der Waals surface area contributed by atoms with Crippen LogP contribution in [0.15, 0.2) is 6.20 Å². The quantitative estimate of drug-likeness (QED) is 0.844. The monoisotopic (exact) mass is 305 g/mol. The fraction of sp³-hybridized carbons (Fsp3) is 0.812. The average molecular weight is 305 g/mol. The van der Waals surface area contributed by atoms with Crippen molar-refractivity contribution in [3.8, 4) is 0 Å². The zero-order valence-electron chi connectivity index (χ0n) is 13.6. The van der Waals surface area contributed by atoms with Gasteiger partial charge in [0.05, 0.1) is 11.9 Å². The molecule has 0 spiro atoms. The summed E-state index contributed by atoms with van der Waals surface area (Å²) in [6.07, 6.45) is 8.46. The van der Waals surface area contributed by atoms with Crippen molar-refractivity contribution in [1.82, 2.24) is 24.8 Å². The molecule has 2 aliphatic rings. The molecule has 1 amide bonds. The Kier molecular flexibility index (Phi) is 5.08. The van der Waals surface area contributed by atoms with Gasteiger partial charge in [-0.25, -0.2) is 0 Å². The van der Waals surface area contributed by atoms with Crippen LogP contribution in [-0.2, 0) is 18.4 Å². The zero-order valence-corrected chi connectivity index (χ0v) is 13.6. The first kappa shape index (κ1) is 15.5. The van der Waals surface area contributed by atoms with E-state index >= 15 is 0 Å². The van der Waals surface area contributed by atoms with Crippen molar-refractivity contribution < 1.29 is 4.79 Å². The smallest absolute Gasteiger partial charge is 0.222 e. The first-order valence-corrected chi connectivity index (χ1v) is 8.56. The van der Waals surface area contributed by atoms with Gasteiger partial charge in [-0.15, -0.1) is 5.10 Å². The standard InChI is InChI=1S/C16H27N5O/c1-19-15(12-17-18-19)13-20-7-4-5-14(6-10-20)11-16(22)21-8-2-3-9-21/h12,14H,2-11,13H2,1H3/t14-/m1/s1. The Hall–Kier alpha value is -1.43. The van der Waals surface area contributed by atoms with Crippen LogP contribution in [0, 0.1) is 5.92 Å². The second kappa shape index (κ2) is 7.22. The molecule has 2 fully saturated rings. The Bertz CT molecular complexity index is 494. The van der Waals surface area contributed by atoms with Crippen LogP contribution in [0.25, 0.3) is 0 Å². The average Bonchev–Trinajstić information content (AvgIpc) is 3.11. The molecule has 1 atom stereocenters. The van der Waals surface area contributed by atoms with Crippen molar-refractivity contribution in [2.24, 2.45) is 13.0 Å². The van der Waals surface area contributed by atoms with Crippen molar-refractivity contribution >= 4 is 5.91 Å². The molecule has 0 saturated carbocycles. The lowest BCUT2D eigenvalue weighted by Gasteiger charge is -2.21. The molecule has 6 heteroatoms. The fourth-order valence-corrected chi connectivity index (χ4v) is 3.61. The third-order valence-electron chi connectivity index (χ3n) is 5.06. The molecule has 1 aromatic rings. The number of hydrogen-bond donors (Lipinski definition) is 0. The molecule has 1 aromatic heterocycles. The summed E-state index contributed by atoms with van der Waals surface area (Å²) in [6, 6.07) is 0. The predicted molar refractivity (Wildman–Crippen MR) is 84.1 cm³/mol. The summed E-state index contributed by atoms with van der Waals surface area (Å²) < 4.78 is 1.85. The van der Waals surface area contributed by atoms with Crippen LogP contribution in [0.5, 0.6) is 0 Å². The van der Waals surface area contributed by atoms with Gasteiger partial charge in [-0.2, -0.15) is 0 Å². The Morgan fingerprint density at radius 3 is 2.73 bits per heavy atom. The summed E-state index contributed by atoms with van der Waals surface area (Å²) in [7, 11) is 1.94. The minimum absolute atomic E-state index is 0.381. The summed E-state index contributed by atoms with van der Waals surface area (Å²) in [5, 5.41) is 7.94. The third-order valence-corrected chi connectivity index (χ3v) is 5.06. The van der Waals surface area contributed by atoms with Crippen molar-refractivity contribution in [2.45, 2.75) is 45.1 Å². The van der Waals surface area contributed by atoms with Crippen LogP contribution in [0.1, 0.15) is 44.2 Å². The van der Waals surface area contributed by atoms with Crippen molar-refractivity contribution in [2.75, 3.05) is 26.2 Å². The van der Waals surface area contributed by atoms with Crippen LogP contribution >= 0.6 is 0 Å². The molecule has 0 bridgehead atoms. The van der Waals surface area contributed by atoms with Gasteiger partial charge in [-0.05, 0) is 51.1 Å². The SMILES string of the molecule is Cn1nncc1CN1CCC[C@@H](CC(=O)N2CCCC2)CC1. The molecular weight excluding hydrogens is 278 g/mol. The number of aryl methyl sites for hydroxylation is 1. The van der Waals surface area contributed by atoms with E-state index in [0.717, 1.165) is 51.3 Å². The van der Waals surface area contributed by atoms with Crippen LogP contribution in [0.2, 0.25) is 0 Å². The Balaban J connectivity index is 1.47. The van der Waals surface area contributed by atoms with Gasteiger partial charge in [0.2, 0.25) is 5.91 Å². The molecule has 0 N–H and O–H groups in total. The lowest BCUT2D eigenvalue weighted by atomic mass is 9.96. The van der Waals surface area contributed by atoms with E-state index < -0.39 is 0 Å². The van der Waals surface area contributed by atoms with E-state index in [1.165, 1.54) is 25.7 Å². The highest BCUT2D eigenvalue weighted by molar-refractivity contribution is 5.76. The summed E-state index contributed by atoms with van der Waals surface area (Å²) in [4.78, 5) is 16.8. The van der Waals surface area contributed by atoms with Gasteiger partial charge in [-0.1, -0.05) is 5.21 Å². The third kappa shape index (κ3) is 3.85. The molecular formula is C16H27N5O. The molecule has 0 radical (unpaired) electrons. The molecule has 0 unspecified atom stereocenters. The minimum atomic E-state index is 0.381. The van der Waals surface area contributed by atoms with Gasteiger partial charge in [0, 0.05) is 33.1 Å². The van der Waals surface area contributed by atoms with Crippen LogP contribution in [-0.4, -0.2) is 56.9 Å². The normalized spacial score (nSPS) is 23.7. The molecule has 3 heterocycles. The van der Waals surface area contributed by atoms with Crippen LogP contribution in [0.4, 0.5) is 0 Å². The molecule has 0 aromatic carbocycles. The minimum Gasteiger partial charge on any atom is -0.343 e. The molecule has 2 aliphatic heterocycles. The number of amides is 1. The number of hydrogen-bond acceptors (Lipinski definition) is 4. The zero-order chi connectivity index (χ0) is 15.4. The fourth-order valence-electron chi connectivity index (χ4n) is 3.61. The molecule has 3 rings (SSSR count). The van der Waals surface area contributed by atoms with Gasteiger partial charge in [0.1, 0.15) is 0 Å². The lowest BCUT2D eigenvalue weighted by Crippen LogP contribution is -2.29. The molecule has 22 heavy (non-hydrogen) atoms. The predicted octanol–water partition coefficient (Wildman–Crippen LogP) is 1.43. The second-order valence-corrected chi connectivity index (χ2v) is 6.71. The van der Waals surface area contributed by atoms with E-state index in [1.807, 2.05) is 17.9 Å². The number of likely N-dealkylation sites (tertiary alicyclic amines) is 2.